The highest BCUT2D eigenvalue weighted by molar-refractivity contribution is 6.09. The smallest absolute Gasteiger partial charge is 0.321 e. The Hall–Kier alpha value is -4.91. The predicted molar refractivity (Wildman–Crippen MR) is 224 cm³/mol. The second-order valence-electron chi connectivity index (χ2n) is 16.2. The van der Waals surface area contributed by atoms with Crippen molar-refractivity contribution in [2.75, 3.05) is 0 Å². The zero-order valence-electron chi connectivity index (χ0n) is 35.4. The van der Waals surface area contributed by atoms with Gasteiger partial charge in [-0.05, 0) is 157 Å². The van der Waals surface area contributed by atoms with E-state index in [1.54, 1.807) is 36.4 Å². The second kappa shape index (κ2) is 18.4. The van der Waals surface area contributed by atoms with E-state index in [0.29, 0.717) is 59.8 Å². The lowest BCUT2D eigenvalue weighted by Crippen LogP contribution is -2.55. The molecule has 0 fully saturated rings. The van der Waals surface area contributed by atoms with Crippen molar-refractivity contribution in [2.45, 2.75) is 132 Å². The first-order valence-corrected chi connectivity index (χ1v) is 20.3. The van der Waals surface area contributed by atoms with Crippen LogP contribution < -0.4 is 18.9 Å². The molecule has 4 aromatic rings. The molecule has 0 saturated heterocycles. The molecular formula is C49H62O7. The number of ether oxygens (including phenoxy) is 4. The standard InChI is InChI=1S/C49H62O7/c1-12-42(34-18-26-38(27-19-34)53-44(51)46(7,8)13-2)35-20-30-41(31-21-35)56-48(11,15-4)49(16-5,17-6)45(52)54-39-28-22-36(23-29-39)43(50)37-24-32-40(33-25-37)55-47(9,10)14-3/h18-33,42H,12-17H2,1-11H3. The van der Waals surface area contributed by atoms with E-state index in [2.05, 4.69) is 26.0 Å². The summed E-state index contributed by atoms with van der Waals surface area (Å²) in [7, 11) is 0. The molecule has 0 bridgehead atoms. The average molecular weight is 763 g/mol. The predicted octanol–water partition coefficient (Wildman–Crippen LogP) is 12.3. The number of benzene rings is 4. The lowest BCUT2D eigenvalue weighted by Gasteiger charge is -2.45. The normalized spacial score (nSPS) is 13.6. The number of rotatable bonds is 19. The van der Waals surface area contributed by atoms with Gasteiger partial charge in [0.15, 0.2) is 5.78 Å². The Morgan fingerprint density at radius 3 is 1.30 bits per heavy atom. The molecular weight excluding hydrogens is 701 g/mol. The van der Waals surface area contributed by atoms with Crippen molar-refractivity contribution in [3.05, 3.63) is 119 Å². The van der Waals surface area contributed by atoms with Crippen LogP contribution in [0.2, 0.25) is 0 Å². The summed E-state index contributed by atoms with van der Waals surface area (Å²) in [5.41, 5.74) is 0.644. The summed E-state index contributed by atoms with van der Waals surface area (Å²) >= 11 is 0. The molecule has 0 saturated carbocycles. The van der Waals surface area contributed by atoms with Crippen molar-refractivity contribution in [2.24, 2.45) is 10.8 Å². The number of hydrogen-bond donors (Lipinski definition) is 0. The minimum Gasteiger partial charge on any atom is -0.488 e. The lowest BCUT2D eigenvalue weighted by atomic mass is 9.67. The fraction of sp³-hybridized carbons (Fsp3) is 0.449. The highest BCUT2D eigenvalue weighted by atomic mass is 16.5. The molecule has 2 atom stereocenters. The molecule has 0 N–H and O–H groups in total. The fourth-order valence-electron chi connectivity index (χ4n) is 6.97. The van der Waals surface area contributed by atoms with Gasteiger partial charge in [0.25, 0.3) is 0 Å². The van der Waals surface area contributed by atoms with Gasteiger partial charge in [-0.2, -0.15) is 0 Å². The second-order valence-corrected chi connectivity index (χ2v) is 16.2. The summed E-state index contributed by atoms with van der Waals surface area (Å²) in [4.78, 5) is 40.0. The minimum absolute atomic E-state index is 0.129. The van der Waals surface area contributed by atoms with Gasteiger partial charge in [-0.1, -0.05) is 65.8 Å². The molecule has 300 valence electrons. The van der Waals surface area contributed by atoms with Gasteiger partial charge in [-0.25, -0.2) is 0 Å². The van der Waals surface area contributed by atoms with Gasteiger partial charge < -0.3 is 18.9 Å². The van der Waals surface area contributed by atoms with Crippen molar-refractivity contribution in [3.63, 3.8) is 0 Å². The van der Waals surface area contributed by atoms with Crippen molar-refractivity contribution in [1.82, 2.24) is 0 Å². The van der Waals surface area contributed by atoms with E-state index in [-0.39, 0.29) is 29.2 Å². The first-order valence-electron chi connectivity index (χ1n) is 20.3. The molecule has 0 aromatic heterocycles. The number of esters is 2. The maximum atomic E-state index is 14.2. The third-order valence-electron chi connectivity index (χ3n) is 11.9. The van der Waals surface area contributed by atoms with Crippen LogP contribution >= 0.6 is 0 Å². The lowest BCUT2D eigenvalue weighted by molar-refractivity contribution is -0.162. The maximum Gasteiger partial charge on any atom is 0.321 e. The molecule has 0 aliphatic carbocycles. The highest BCUT2D eigenvalue weighted by Crippen LogP contribution is 2.45. The molecule has 56 heavy (non-hydrogen) atoms. The van der Waals surface area contributed by atoms with Gasteiger partial charge in [0.1, 0.15) is 39.6 Å². The summed E-state index contributed by atoms with van der Waals surface area (Å²) in [6.45, 7) is 22.1. The largest absolute Gasteiger partial charge is 0.488 e. The molecule has 0 aliphatic heterocycles. The molecule has 0 amide bonds. The van der Waals surface area contributed by atoms with Gasteiger partial charge in [0, 0.05) is 17.0 Å². The molecule has 0 aliphatic rings. The first kappa shape index (κ1) is 43.8. The van der Waals surface area contributed by atoms with E-state index in [1.807, 2.05) is 111 Å². The Bertz CT molecular complexity index is 1900. The van der Waals surface area contributed by atoms with Gasteiger partial charge >= 0.3 is 11.9 Å². The molecule has 0 spiro atoms. The van der Waals surface area contributed by atoms with Crippen LogP contribution in [-0.2, 0) is 9.59 Å². The molecule has 0 radical (unpaired) electrons. The molecule has 4 aromatic carbocycles. The zero-order chi connectivity index (χ0) is 41.3. The van der Waals surface area contributed by atoms with Crippen molar-refractivity contribution in [1.29, 1.82) is 0 Å². The Kier molecular flexibility index (Phi) is 14.4. The van der Waals surface area contributed by atoms with E-state index < -0.39 is 16.4 Å². The number of carbonyl (C=O) groups is 3. The summed E-state index contributed by atoms with van der Waals surface area (Å²) < 4.78 is 24.5. The Balaban J connectivity index is 1.46. The summed E-state index contributed by atoms with van der Waals surface area (Å²) in [5.74, 6) is 1.70. The molecule has 7 heteroatoms. The summed E-state index contributed by atoms with van der Waals surface area (Å²) in [6.07, 6.45) is 4.03. The number of ketones is 1. The maximum absolute atomic E-state index is 14.2. The van der Waals surface area contributed by atoms with E-state index >= 15 is 0 Å². The Morgan fingerprint density at radius 2 is 0.893 bits per heavy atom. The molecule has 2 unspecified atom stereocenters. The van der Waals surface area contributed by atoms with Crippen molar-refractivity contribution in [3.8, 4) is 23.0 Å². The Morgan fingerprint density at radius 1 is 0.482 bits per heavy atom. The van der Waals surface area contributed by atoms with Gasteiger partial charge in [-0.15, -0.1) is 0 Å². The van der Waals surface area contributed by atoms with Crippen molar-refractivity contribution >= 4 is 17.7 Å². The minimum atomic E-state index is -0.950. The molecule has 4 rings (SSSR count). The van der Waals surface area contributed by atoms with Crippen LogP contribution in [0.15, 0.2) is 97.1 Å². The third kappa shape index (κ3) is 9.90. The van der Waals surface area contributed by atoms with Crippen LogP contribution in [0.5, 0.6) is 23.0 Å². The number of hydrogen-bond acceptors (Lipinski definition) is 7. The van der Waals surface area contributed by atoms with Crippen LogP contribution in [0.3, 0.4) is 0 Å². The van der Waals surface area contributed by atoms with Gasteiger partial charge in [0.05, 0.1) is 5.41 Å². The zero-order valence-corrected chi connectivity index (χ0v) is 35.4. The van der Waals surface area contributed by atoms with E-state index in [9.17, 15) is 14.4 Å². The van der Waals surface area contributed by atoms with Gasteiger partial charge in [-0.3, -0.25) is 14.4 Å². The molecule has 0 heterocycles. The highest BCUT2D eigenvalue weighted by Gasteiger charge is 2.54. The Labute approximate surface area is 335 Å². The van der Waals surface area contributed by atoms with E-state index in [4.69, 9.17) is 18.9 Å². The van der Waals surface area contributed by atoms with E-state index in [1.165, 1.54) is 0 Å². The summed E-state index contributed by atoms with van der Waals surface area (Å²) in [6, 6.07) is 29.7. The van der Waals surface area contributed by atoms with Crippen molar-refractivity contribution < 1.29 is 33.3 Å². The van der Waals surface area contributed by atoms with Crippen LogP contribution in [0.25, 0.3) is 0 Å². The first-order chi connectivity index (χ1) is 26.5. The summed E-state index contributed by atoms with van der Waals surface area (Å²) in [5, 5.41) is 0. The van der Waals surface area contributed by atoms with Crippen LogP contribution in [0, 0.1) is 10.8 Å². The topological polar surface area (TPSA) is 88.1 Å². The molecule has 7 nitrogen and oxygen atoms in total. The van der Waals surface area contributed by atoms with Gasteiger partial charge in [0.2, 0.25) is 0 Å². The third-order valence-corrected chi connectivity index (χ3v) is 11.9. The monoisotopic (exact) mass is 762 g/mol. The van der Waals surface area contributed by atoms with Crippen LogP contribution in [-0.4, -0.2) is 28.9 Å². The number of carbonyl (C=O) groups excluding carboxylic acids is 3. The van der Waals surface area contributed by atoms with Crippen LogP contribution in [0.1, 0.15) is 148 Å². The quantitative estimate of drug-likeness (QED) is 0.0534. The SMILES string of the molecule is CCC(c1ccc(OC(=O)C(C)(C)CC)cc1)c1ccc(OC(C)(CC)C(CC)(CC)C(=O)Oc2ccc(C(=O)c3ccc(OC(C)(C)CC)cc3)cc2)cc1. The van der Waals surface area contributed by atoms with Crippen LogP contribution in [0.4, 0.5) is 0 Å². The van der Waals surface area contributed by atoms with E-state index in [0.717, 1.165) is 24.0 Å². The average Bonchev–Trinajstić information content (AvgIpc) is 3.20. The fourth-order valence-corrected chi connectivity index (χ4v) is 6.97.